The predicted octanol–water partition coefficient (Wildman–Crippen LogP) is 0.689. The Labute approximate surface area is 86.2 Å². The van der Waals surface area contributed by atoms with Crippen molar-refractivity contribution in [1.82, 2.24) is 10.3 Å². The minimum atomic E-state index is -0.257. The van der Waals surface area contributed by atoms with Crippen LogP contribution >= 0.6 is 11.6 Å². The second-order valence-corrected chi connectivity index (χ2v) is 3.60. The summed E-state index contributed by atoms with van der Waals surface area (Å²) in [4.78, 5) is 13.6. The van der Waals surface area contributed by atoms with Crippen LogP contribution in [0.4, 0.5) is 0 Å². The monoisotopic (exact) mass is 214 g/mol. The van der Waals surface area contributed by atoms with Gasteiger partial charge in [0.25, 0.3) is 5.56 Å². The average Bonchev–Trinajstić information content (AvgIpc) is 2.23. The Morgan fingerprint density at radius 3 is 3.07 bits per heavy atom. The molecule has 76 valence electrons. The molecule has 14 heavy (non-hydrogen) atoms. The summed E-state index contributed by atoms with van der Waals surface area (Å²) in [7, 11) is 0. The molecule has 0 amide bonds. The molecule has 1 atom stereocenters. The average molecular weight is 215 g/mol. The van der Waals surface area contributed by atoms with E-state index in [0.29, 0.717) is 6.61 Å². The summed E-state index contributed by atoms with van der Waals surface area (Å²) < 4.78 is 5.31. The van der Waals surface area contributed by atoms with E-state index in [0.717, 1.165) is 18.7 Å². The number of nitrogens with one attached hydrogen (secondary N) is 2. The molecule has 4 nitrogen and oxygen atoms in total. The van der Waals surface area contributed by atoms with Crippen molar-refractivity contribution >= 4 is 11.6 Å². The van der Waals surface area contributed by atoms with Crippen LogP contribution in [-0.2, 0) is 4.74 Å². The molecule has 1 aliphatic rings. The lowest BCUT2D eigenvalue weighted by atomic mass is 10.1. The topological polar surface area (TPSA) is 54.1 Å². The summed E-state index contributed by atoms with van der Waals surface area (Å²) in [5.41, 5.74) is 0.696. The quantitative estimate of drug-likeness (QED) is 0.723. The van der Waals surface area contributed by atoms with E-state index in [4.69, 9.17) is 16.3 Å². The van der Waals surface area contributed by atoms with Crippen molar-refractivity contribution in [3.63, 3.8) is 0 Å². The molecule has 0 aromatic carbocycles. The first kappa shape index (κ1) is 9.71. The first-order valence-corrected chi connectivity index (χ1v) is 4.84. The van der Waals surface area contributed by atoms with Gasteiger partial charge in [0.1, 0.15) is 5.02 Å². The van der Waals surface area contributed by atoms with Gasteiger partial charge >= 0.3 is 0 Å². The number of aromatic nitrogens is 1. The summed E-state index contributed by atoms with van der Waals surface area (Å²) in [6, 6.07) is 1.80. The third-order valence-electron chi connectivity index (χ3n) is 2.20. The van der Waals surface area contributed by atoms with Gasteiger partial charge < -0.3 is 15.0 Å². The fraction of sp³-hybridized carbons (Fsp3) is 0.444. The van der Waals surface area contributed by atoms with E-state index in [1.54, 1.807) is 12.3 Å². The van der Waals surface area contributed by atoms with Crippen LogP contribution in [0.3, 0.4) is 0 Å². The number of halogens is 1. The predicted molar refractivity (Wildman–Crippen MR) is 53.6 cm³/mol. The highest BCUT2D eigenvalue weighted by Crippen LogP contribution is 2.16. The number of rotatable bonds is 1. The van der Waals surface area contributed by atoms with Gasteiger partial charge in [0.2, 0.25) is 0 Å². The molecular formula is C9H11ClN2O2. The first-order chi connectivity index (χ1) is 6.77. The number of pyridine rings is 1. The smallest absolute Gasteiger partial charge is 0.266 e. The van der Waals surface area contributed by atoms with Crippen LogP contribution in [-0.4, -0.2) is 24.7 Å². The zero-order chi connectivity index (χ0) is 9.97. The van der Waals surface area contributed by atoms with Crippen LogP contribution in [0.5, 0.6) is 0 Å². The fourth-order valence-corrected chi connectivity index (χ4v) is 1.63. The van der Waals surface area contributed by atoms with E-state index in [-0.39, 0.29) is 16.6 Å². The standard InChI is InChI=1S/C9H11ClN2O2/c10-7-3-6(4-12-9(7)13)8-5-14-2-1-11-8/h3-4,8,11H,1-2,5H2,(H,12,13)/t8-/m1/s1. The van der Waals surface area contributed by atoms with Crippen molar-refractivity contribution < 1.29 is 4.74 Å². The minimum absolute atomic E-state index is 0.123. The Bertz CT molecular complexity index is 371. The molecule has 0 bridgehead atoms. The summed E-state index contributed by atoms with van der Waals surface area (Å²) in [6.45, 7) is 2.16. The van der Waals surface area contributed by atoms with Gasteiger partial charge in [-0.25, -0.2) is 0 Å². The van der Waals surface area contributed by atoms with Gasteiger partial charge in [0, 0.05) is 12.7 Å². The molecule has 5 heteroatoms. The first-order valence-electron chi connectivity index (χ1n) is 4.46. The Hall–Kier alpha value is -0.840. The molecule has 2 heterocycles. The van der Waals surface area contributed by atoms with Crippen molar-refractivity contribution in [2.75, 3.05) is 19.8 Å². The number of ether oxygens (including phenoxy) is 1. The van der Waals surface area contributed by atoms with Gasteiger partial charge in [0.05, 0.1) is 19.3 Å². The van der Waals surface area contributed by atoms with Gasteiger partial charge in [-0.1, -0.05) is 11.6 Å². The maximum absolute atomic E-state index is 11.0. The SMILES string of the molecule is O=c1[nH]cc([C@H]2COCCN2)cc1Cl. The lowest BCUT2D eigenvalue weighted by Crippen LogP contribution is -2.34. The molecule has 0 saturated carbocycles. The summed E-state index contributed by atoms with van der Waals surface area (Å²) in [6.07, 6.45) is 1.67. The van der Waals surface area contributed by atoms with E-state index in [1.807, 2.05) is 0 Å². The number of hydrogen-bond acceptors (Lipinski definition) is 3. The summed E-state index contributed by atoms with van der Waals surface area (Å²) >= 11 is 5.72. The van der Waals surface area contributed by atoms with Gasteiger partial charge in [0.15, 0.2) is 0 Å². The van der Waals surface area contributed by atoms with Crippen molar-refractivity contribution in [1.29, 1.82) is 0 Å². The molecule has 1 aromatic rings. The van der Waals surface area contributed by atoms with Crippen LogP contribution in [0.1, 0.15) is 11.6 Å². The maximum Gasteiger partial charge on any atom is 0.266 e. The second-order valence-electron chi connectivity index (χ2n) is 3.19. The Morgan fingerprint density at radius 2 is 2.43 bits per heavy atom. The third kappa shape index (κ3) is 1.97. The van der Waals surface area contributed by atoms with Crippen LogP contribution < -0.4 is 10.9 Å². The largest absolute Gasteiger partial charge is 0.378 e. The molecule has 1 fully saturated rings. The number of H-pyrrole nitrogens is 1. The van der Waals surface area contributed by atoms with Gasteiger partial charge in [-0.2, -0.15) is 0 Å². The molecule has 0 spiro atoms. The van der Waals surface area contributed by atoms with E-state index < -0.39 is 0 Å². The van der Waals surface area contributed by atoms with E-state index in [1.165, 1.54) is 0 Å². The Balaban J connectivity index is 2.22. The van der Waals surface area contributed by atoms with Crippen LogP contribution in [0.25, 0.3) is 0 Å². The molecule has 0 aliphatic carbocycles. The van der Waals surface area contributed by atoms with Gasteiger partial charge in [-0.15, -0.1) is 0 Å². The molecule has 0 radical (unpaired) electrons. The maximum atomic E-state index is 11.0. The lowest BCUT2D eigenvalue weighted by molar-refractivity contribution is 0.0768. The summed E-state index contributed by atoms with van der Waals surface area (Å²) in [5.74, 6) is 0. The highest BCUT2D eigenvalue weighted by atomic mass is 35.5. The number of morpholine rings is 1. The number of hydrogen-bond donors (Lipinski definition) is 2. The lowest BCUT2D eigenvalue weighted by Gasteiger charge is -2.23. The zero-order valence-electron chi connectivity index (χ0n) is 7.55. The van der Waals surface area contributed by atoms with E-state index >= 15 is 0 Å². The van der Waals surface area contributed by atoms with Crippen molar-refractivity contribution in [3.8, 4) is 0 Å². The van der Waals surface area contributed by atoms with E-state index in [9.17, 15) is 4.79 Å². The summed E-state index contributed by atoms with van der Waals surface area (Å²) in [5, 5.41) is 3.49. The van der Waals surface area contributed by atoms with E-state index in [2.05, 4.69) is 10.3 Å². The second kappa shape index (κ2) is 4.13. The van der Waals surface area contributed by atoms with Crippen molar-refractivity contribution in [2.45, 2.75) is 6.04 Å². The Morgan fingerprint density at radius 1 is 1.57 bits per heavy atom. The third-order valence-corrected chi connectivity index (χ3v) is 2.49. The molecule has 1 aromatic heterocycles. The van der Waals surface area contributed by atoms with Gasteiger partial charge in [-0.05, 0) is 11.6 Å². The molecule has 2 rings (SSSR count). The van der Waals surface area contributed by atoms with Crippen LogP contribution in [0.15, 0.2) is 17.1 Å². The van der Waals surface area contributed by atoms with Crippen molar-refractivity contribution in [3.05, 3.63) is 33.2 Å². The molecule has 1 aliphatic heterocycles. The van der Waals surface area contributed by atoms with Gasteiger partial charge in [-0.3, -0.25) is 4.79 Å². The number of aromatic amines is 1. The molecule has 2 N–H and O–H groups in total. The zero-order valence-corrected chi connectivity index (χ0v) is 8.30. The van der Waals surface area contributed by atoms with Crippen LogP contribution in [0.2, 0.25) is 5.02 Å². The highest BCUT2D eigenvalue weighted by Gasteiger charge is 2.15. The molecular weight excluding hydrogens is 204 g/mol. The van der Waals surface area contributed by atoms with Crippen molar-refractivity contribution in [2.24, 2.45) is 0 Å². The Kier molecular flexibility index (Phi) is 2.86. The molecule has 0 unspecified atom stereocenters. The van der Waals surface area contributed by atoms with Crippen LogP contribution in [0, 0.1) is 0 Å². The highest BCUT2D eigenvalue weighted by molar-refractivity contribution is 6.30. The fourth-order valence-electron chi connectivity index (χ4n) is 1.45. The molecule has 1 saturated heterocycles. The normalized spacial score (nSPS) is 22.2. The minimum Gasteiger partial charge on any atom is -0.378 e.